The number of benzene rings is 1. The summed E-state index contributed by atoms with van der Waals surface area (Å²) in [6.07, 6.45) is 2.63. The molecule has 0 spiro atoms. The van der Waals surface area contributed by atoms with Gasteiger partial charge in [0.15, 0.2) is 0 Å². The lowest BCUT2D eigenvalue weighted by Gasteiger charge is -2.27. The molecule has 28 heavy (non-hydrogen) atoms. The monoisotopic (exact) mass is 403 g/mol. The lowest BCUT2D eigenvalue weighted by atomic mass is 10.2. The molecule has 1 fully saturated rings. The smallest absolute Gasteiger partial charge is 0.242 e. The summed E-state index contributed by atoms with van der Waals surface area (Å²) in [5.74, 6) is 0.743. The highest BCUT2D eigenvalue weighted by Crippen LogP contribution is 2.31. The van der Waals surface area contributed by atoms with E-state index >= 15 is 0 Å². The zero-order valence-corrected chi connectivity index (χ0v) is 17.0. The summed E-state index contributed by atoms with van der Waals surface area (Å²) in [5.41, 5.74) is 3.09. The number of nitrogens with zero attached hydrogens (tertiary/aromatic N) is 5. The Morgan fingerprint density at radius 2 is 1.93 bits per heavy atom. The Morgan fingerprint density at radius 3 is 2.68 bits per heavy atom. The van der Waals surface area contributed by atoms with Gasteiger partial charge in [0.05, 0.1) is 30.3 Å². The fraction of sp³-hybridized carbons (Fsp3) is 0.474. The van der Waals surface area contributed by atoms with Crippen LogP contribution in [0.5, 0.6) is 0 Å². The Balaban J connectivity index is 1.53. The number of hydrogen-bond acceptors (Lipinski definition) is 7. The van der Waals surface area contributed by atoms with Crippen molar-refractivity contribution in [2.75, 3.05) is 56.7 Å². The van der Waals surface area contributed by atoms with Gasteiger partial charge in [-0.05, 0) is 36.2 Å². The lowest BCUT2D eigenvalue weighted by Crippen LogP contribution is -2.37. The first-order chi connectivity index (χ1) is 13.4. The number of rotatable bonds is 5. The van der Waals surface area contributed by atoms with Crippen LogP contribution in [0.1, 0.15) is 11.3 Å². The summed E-state index contributed by atoms with van der Waals surface area (Å²) in [6.45, 7) is 4.53. The molecule has 0 bridgehead atoms. The molecule has 150 valence electrons. The van der Waals surface area contributed by atoms with Crippen molar-refractivity contribution in [3.05, 3.63) is 41.7 Å². The van der Waals surface area contributed by atoms with Crippen LogP contribution in [0.15, 0.2) is 35.4 Å². The topological polar surface area (TPSA) is 78.9 Å². The fourth-order valence-corrected chi connectivity index (χ4v) is 4.52. The zero-order chi connectivity index (χ0) is 19.7. The number of fused-ring (bicyclic) bond motifs is 1. The number of anilines is 2. The van der Waals surface area contributed by atoms with Gasteiger partial charge in [-0.2, -0.15) is 0 Å². The van der Waals surface area contributed by atoms with Crippen molar-refractivity contribution in [2.45, 2.75) is 17.9 Å². The fourth-order valence-electron chi connectivity index (χ4n) is 3.57. The Hall–Kier alpha value is -2.23. The molecule has 2 aromatic rings. The summed E-state index contributed by atoms with van der Waals surface area (Å²) in [6, 6.07) is 7.32. The van der Waals surface area contributed by atoms with Gasteiger partial charge in [0.1, 0.15) is 0 Å². The molecule has 0 atom stereocenters. The SMILES string of the molecule is CN(C)S(=O)(=O)c1ccc2c(c1)CCN2Cc1ccnc(N2CCOCC2)n1. The van der Waals surface area contributed by atoms with Gasteiger partial charge in [-0.3, -0.25) is 0 Å². The second-order valence-electron chi connectivity index (χ2n) is 7.20. The molecule has 1 aromatic carbocycles. The van der Waals surface area contributed by atoms with Gasteiger partial charge in [-0.25, -0.2) is 22.7 Å². The molecule has 0 N–H and O–H groups in total. The van der Waals surface area contributed by atoms with Crippen molar-refractivity contribution in [3.8, 4) is 0 Å². The Kier molecular flexibility index (Phi) is 5.22. The van der Waals surface area contributed by atoms with E-state index in [1.165, 1.54) is 4.31 Å². The average molecular weight is 404 g/mol. The number of hydrogen-bond donors (Lipinski definition) is 0. The maximum atomic E-state index is 12.4. The minimum atomic E-state index is -3.41. The minimum Gasteiger partial charge on any atom is -0.378 e. The predicted octanol–water partition coefficient (Wildman–Crippen LogP) is 1.13. The predicted molar refractivity (Wildman–Crippen MR) is 107 cm³/mol. The van der Waals surface area contributed by atoms with Crippen LogP contribution in [0, 0.1) is 0 Å². The van der Waals surface area contributed by atoms with Gasteiger partial charge in [0, 0.05) is 45.6 Å². The maximum Gasteiger partial charge on any atom is 0.242 e. The Morgan fingerprint density at radius 1 is 1.14 bits per heavy atom. The second kappa shape index (κ2) is 7.65. The van der Waals surface area contributed by atoms with E-state index in [9.17, 15) is 8.42 Å². The third-order valence-electron chi connectivity index (χ3n) is 5.17. The van der Waals surface area contributed by atoms with Gasteiger partial charge >= 0.3 is 0 Å². The van der Waals surface area contributed by atoms with E-state index in [0.717, 1.165) is 48.9 Å². The first-order valence-electron chi connectivity index (χ1n) is 9.40. The van der Waals surface area contributed by atoms with Crippen molar-refractivity contribution in [3.63, 3.8) is 0 Å². The summed E-state index contributed by atoms with van der Waals surface area (Å²) in [5, 5.41) is 0. The Bertz CT molecular complexity index is 958. The van der Waals surface area contributed by atoms with Gasteiger partial charge in [0.2, 0.25) is 16.0 Å². The van der Waals surface area contributed by atoms with E-state index in [-0.39, 0.29) is 0 Å². The van der Waals surface area contributed by atoms with Gasteiger partial charge in [-0.15, -0.1) is 0 Å². The quantitative estimate of drug-likeness (QED) is 0.740. The van der Waals surface area contributed by atoms with Gasteiger partial charge in [0.25, 0.3) is 0 Å². The maximum absolute atomic E-state index is 12.4. The molecule has 0 unspecified atom stereocenters. The summed E-state index contributed by atoms with van der Waals surface area (Å²) >= 11 is 0. The first-order valence-corrected chi connectivity index (χ1v) is 10.8. The number of sulfonamides is 1. The van der Waals surface area contributed by atoms with E-state index < -0.39 is 10.0 Å². The van der Waals surface area contributed by atoms with Crippen molar-refractivity contribution in [1.82, 2.24) is 14.3 Å². The van der Waals surface area contributed by atoms with Gasteiger partial charge in [-0.1, -0.05) is 0 Å². The van der Waals surface area contributed by atoms with Crippen molar-refractivity contribution < 1.29 is 13.2 Å². The second-order valence-corrected chi connectivity index (χ2v) is 9.35. The van der Waals surface area contributed by atoms with Crippen LogP contribution in [-0.4, -0.2) is 69.6 Å². The van der Waals surface area contributed by atoms with Crippen LogP contribution in [-0.2, 0) is 27.7 Å². The molecule has 0 saturated carbocycles. The molecule has 9 heteroatoms. The third-order valence-corrected chi connectivity index (χ3v) is 6.98. The molecule has 2 aliphatic heterocycles. The molecule has 0 radical (unpaired) electrons. The van der Waals surface area contributed by atoms with Crippen molar-refractivity contribution in [2.24, 2.45) is 0 Å². The molecular weight excluding hydrogens is 378 g/mol. The summed E-state index contributed by atoms with van der Waals surface area (Å²) < 4.78 is 31.4. The molecular formula is C19H25N5O3S. The highest BCUT2D eigenvalue weighted by Gasteiger charge is 2.24. The molecule has 4 rings (SSSR count). The van der Waals surface area contributed by atoms with Gasteiger partial charge < -0.3 is 14.5 Å². The van der Waals surface area contributed by atoms with Crippen molar-refractivity contribution in [1.29, 1.82) is 0 Å². The van der Waals surface area contributed by atoms with Crippen LogP contribution >= 0.6 is 0 Å². The highest BCUT2D eigenvalue weighted by molar-refractivity contribution is 7.89. The first kappa shape index (κ1) is 19.1. The van der Waals surface area contributed by atoms with E-state index in [1.54, 1.807) is 32.4 Å². The number of morpholine rings is 1. The summed E-state index contributed by atoms with van der Waals surface area (Å²) in [4.78, 5) is 13.9. The highest BCUT2D eigenvalue weighted by atomic mass is 32.2. The van der Waals surface area contributed by atoms with E-state index in [2.05, 4.69) is 14.8 Å². The number of aromatic nitrogens is 2. The third kappa shape index (κ3) is 3.69. The van der Waals surface area contributed by atoms with E-state index in [4.69, 9.17) is 9.72 Å². The molecule has 0 aliphatic carbocycles. The largest absolute Gasteiger partial charge is 0.378 e. The summed E-state index contributed by atoms with van der Waals surface area (Å²) in [7, 11) is -0.311. The standard InChI is InChI=1S/C19H25N5O3S/c1-22(2)28(25,26)17-3-4-18-15(13-17)6-8-24(18)14-16-5-7-20-19(21-16)23-9-11-27-12-10-23/h3-5,7,13H,6,8-12,14H2,1-2H3. The lowest BCUT2D eigenvalue weighted by molar-refractivity contribution is 0.122. The molecule has 1 aromatic heterocycles. The van der Waals surface area contributed by atoms with Crippen LogP contribution in [0.4, 0.5) is 11.6 Å². The van der Waals surface area contributed by atoms with E-state index in [0.29, 0.717) is 24.7 Å². The van der Waals surface area contributed by atoms with Crippen molar-refractivity contribution >= 4 is 21.7 Å². The van der Waals surface area contributed by atoms with Crippen LogP contribution in [0.3, 0.4) is 0 Å². The number of ether oxygens (including phenoxy) is 1. The Labute approximate surface area is 165 Å². The molecule has 3 heterocycles. The van der Waals surface area contributed by atoms with Crippen LogP contribution < -0.4 is 9.80 Å². The normalized spacial score (nSPS) is 17.2. The minimum absolute atomic E-state index is 0.342. The average Bonchev–Trinajstić information content (AvgIpc) is 3.11. The van der Waals surface area contributed by atoms with E-state index in [1.807, 2.05) is 12.1 Å². The van der Waals surface area contributed by atoms with Crippen LogP contribution in [0.2, 0.25) is 0 Å². The molecule has 8 nitrogen and oxygen atoms in total. The molecule has 2 aliphatic rings. The molecule has 1 saturated heterocycles. The molecule has 0 amide bonds. The van der Waals surface area contributed by atoms with Crippen LogP contribution in [0.25, 0.3) is 0 Å². The zero-order valence-electron chi connectivity index (χ0n) is 16.2.